The molecule has 24 heavy (non-hydrogen) atoms. The van der Waals surface area contributed by atoms with E-state index in [-0.39, 0.29) is 55.9 Å². The number of likely N-dealkylation sites (tertiary alicyclic amines) is 1. The molecule has 0 N–H and O–H groups in total. The zero-order valence-corrected chi connectivity index (χ0v) is 13.7. The van der Waals surface area contributed by atoms with Crippen LogP contribution >= 0.6 is 0 Å². The van der Waals surface area contributed by atoms with Gasteiger partial charge in [-0.15, -0.1) is 5.06 Å². The van der Waals surface area contributed by atoms with Gasteiger partial charge < -0.3 is 4.84 Å². The van der Waals surface area contributed by atoms with Gasteiger partial charge in [-0.25, -0.2) is 4.79 Å². The molecule has 2 radical (unpaired) electrons. The molecule has 9 heteroatoms. The van der Waals surface area contributed by atoms with E-state index in [2.05, 4.69) is 0 Å². The average Bonchev–Trinajstić information content (AvgIpc) is 2.91. The van der Waals surface area contributed by atoms with Gasteiger partial charge in [0.2, 0.25) is 11.8 Å². The molecule has 0 aromatic rings. The number of nitrogens with zero attached hydrogens (tertiary/aromatic N) is 2. The first-order valence-electron chi connectivity index (χ1n) is 7.89. The molecule has 2 unspecified atom stereocenters. The van der Waals surface area contributed by atoms with E-state index in [1.165, 1.54) is 0 Å². The summed E-state index contributed by atoms with van der Waals surface area (Å²) in [6.07, 6.45) is 0.0637. The highest BCUT2D eigenvalue weighted by Crippen LogP contribution is 2.26. The van der Waals surface area contributed by atoms with Crippen molar-refractivity contribution in [3.8, 4) is 0 Å². The smallest absolute Gasteiger partial charge is 0.330 e. The van der Waals surface area contributed by atoms with Crippen LogP contribution in [-0.2, 0) is 28.8 Å². The molecule has 0 aromatic carbocycles. The quantitative estimate of drug-likeness (QED) is 0.499. The topological polar surface area (TPSA) is 101 Å². The number of carbonyl (C=O) groups excluding carboxylic acids is 5. The van der Waals surface area contributed by atoms with Crippen LogP contribution in [0.4, 0.5) is 0 Å². The molecule has 2 heterocycles. The summed E-state index contributed by atoms with van der Waals surface area (Å²) in [5.41, 5.74) is 0. The number of hydroxylamine groups is 2. The summed E-state index contributed by atoms with van der Waals surface area (Å²) < 4.78 is 0. The van der Waals surface area contributed by atoms with Crippen molar-refractivity contribution in [2.75, 3.05) is 6.54 Å². The van der Waals surface area contributed by atoms with Crippen LogP contribution in [0, 0.1) is 11.8 Å². The third kappa shape index (κ3) is 3.65. The SMILES string of the molecule is [B]C1CC(=O)N(OC(=O)CCCN2C(=O)CC(C(C)C)C2=O)C1=O. The van der Waals surface area contributed by atoms with Crippen LogP contribution in [-0.4, -0.2) is 54.0 Å². The van der Waals surface area contributed by atoms with Crippen LogP contribution in [0.25, 0.3) is 0 Å². The molecule has 128 valence electrons. The van der Waals surface area contributed by atoms with E-state index >= 15 is 0 Å². The molecule has 2 aliphatic heterocycles. The third-order valence-corrected chi connectivity index (χ3v) is 4.18. The second kappa shape index (κ2) is 7.15. The summed E-state index contributed by atoms with van der Waals surface area (Å²) in [4.78, 5) is 64.5. The summed E-state index contributed by atoms with van der Waals surface area (Å²) in [5.74, 6) is -3.90. The number of amides is 4. The maximum absolute atomic E-state index is 12.1. The predicted molar refractivity (Wildman–Crippen MR) is 81.0 cm³/mol. The number of rotatable bonds is 6. The number of hydrogen-bond donors (Lipinski definition) is 0. The van der Waals surface area contributed by atoms with Gasteiger partial charge in [0, 0.05) is 37.5 Å². The largest absolute Gasteiger partial charge is 0.333 e. The Hall–Kier alpha value is -2.19. The minimum atomic E-state index is -0.988. The average molecular weight is 334 g/mol. The Kier molecular flexibility index (Phi) is 5.41. The summed E-state index contributed by atoms with van der Waals surface area (Å²) in [7, 11) is 5.40. The molecule has 0 spiro atoms. The second-order valence-corrected chi connectivity index (χ2v) is 6.34. The van der Waals surface area contributed by atoms with Gasteiger partial charge in [0.1, 0.15) is 0 Å². The fourth-order valence-electron chi connectivity index (χ4n) is 2.72. The highest BCUT2D eigenvalue weighted by molar-refractivity contribution is 6.29. The van der Waals surface area contributed by atoms with Crippen LogP contribution < -0.4 is 0 Å². The van der Waals surface area contributed by atoms with Crippen molar-refractivity contribution in [3.63, 3.8) is 0 Å². The highest BCUT2D eigenvalue weighted by atomic mass is 16.7. The molecular weight excluding hydrogens is 315 g/mol. The predicted octanol–water partition coefficient (Wildman–Crippen LogP) is -0.0282. The summed E-state index contributed by atoms with van der Waals surface area (Å²) in [6.45, 7) is 3.87. The lowest BCUT2D eigenvalue weighted by Gasteiger charge is -2.17. The van der Waals surface area contributed by atoms with Gasteiger partial charge >= 0.3 is 5.97 Å². The van der Waals surface area contributed by atoms with Gasteiger partial charge in [-0.05, 0) is 12.3 Å². The van der Waals surface area contributed by atoms with Crippen LogP contribution in [0.1, 0.15) is 39.5 Å². The molecule has 0 bridgehead atoms. The maximum Gasteiger partial charge on any atom is 0.333 e. The van der Waals surface area contributed by atoms with E-state index in [9.17, 15) is 24.0 Å². The first kappa shape index (κ1) is 18.2. The van der Waals surface area contributed by atoms with Crippen molar-refractivity contribution in [2.24, 2.45) is 11.8 Å². The Morgan fingerprint density at radius 3 is 2.33 bits per heavy atom. The van der Waals surface area contributed by atoms with Crippen molar-refractivity contribution in [1.29, 1.82) is 0 Å². The van der Waals surface area contributed by atoms with E-state index in [0.29, 0.717) is 5.06 Å². The lowest BCUT2D eigenvalue weighted by atomic mass is 9.86. The number of carbonyl (C=O) groups is 5. The normalized spacial score (nSPS) is 24.5. The first-order valence-corrected chi connectivity index (χ1v) is 7.89. The van der Waals surface area contributed by atoms with Crippen LogP contribution in [0.15, 0.2) is 0 Å². The standard InChI is InChI=1S/C15H19BN2O6/c1-8(2)9-6-11(19)17(14(9)22)5-3-4-13(21)24-18-12(20)7-10(16)15(18)23/h8-10H,3-7H2,1-2H3. The molecular formula is C15H19BN2O6. The molecule has 8 nitrogen and oxygen atoms in total. The molecule has 2 fully saturated rings. The second-order valence-electron chi connectivity index (χ2n) is 6.34. The van der Waals surface area contributed by atoms with Crippen molar-refractivity contribution in [3.05, 3.63) is 0 Å². The Morgan fingerprint density at radius 2 is 1.83 bits per heavy atom. The zero-order chi connectivity index (χ0) is 18.0. The molecule has 2 aliphatic rings. The van der Waals surface area contributed by atoms with Gasteiger partial charge in [0.15, 0.2) is 0 Å². The van der Waals surface area contributed by atoms with Gasteiger partial charge in [0.25, 0.3) is 11.8 Å². The molecule has 0 aromatic heterocycles. The first-order chi connectivity index (χ1) is 11.2. The zero-order valence-electron chi connectivity index (χ0n) is 13.7. The fraction of sp³-hybridized carbons (Fsp3) is 0.667. The Balaban J connectivity index is 1.79. The van der Waals surface area contributed by atoms with Crippen molar-refractivity contribution >= 4 is 37.4 Å². The molecule has 0 saturated carbocycles. The van der Waals surface area contributed by atoms with Crippen molar-refractivity contribution in [1.82, 2.24) is 9.96 Å². The number of imide groups is 2. The van der Waals surface area contributed by atoms with Crippen LogP contribution in [0.3, 0.4) is 0 Å². The Labute approximate surface area is 140 Å². The van der Waals surface area contributed by atoms with Gasteiger partial charge in [-0.1, -0.05) is 13.8 Å². The fourth-order valence-corrected chi connectivity index (χ4v) is 2.72. The molecule has 2 rings (SSSR count). The summed E-state index contributed by atoms with van der Waals surface area (Å²) in [6, 6.07) is 0. The molecule has 2 atom stereocenters. The van der Waals surface area contributed by atoms with Crippen LogP contribution in [0.5, 0.6) is 0 Å². The van der Waals surface area contributed by atoms with Crippen molar-refractivity contribution in [2.45, 2.75) is 45.3 Å². The third-order valence-electron chi connectivity index (χ3n) is 4.18. The highest BCUT2D eigenvalue weighted by Gasteiger charge is 2.40. The monoisotopic (exact) mass is 334 g/mol. The minimum Gasteiger partial charge on any atom is -0.330 e. The van der Waals surface area contributed by atoms with Crippen LogP contribution in [0.2, 0.25) is 5.82 Å². The Bertz CT molecular complexity index is 591. The minimum absolute atomic E-state index is 0.0767. The van der Waals surface area contributed by atoms with Gasteiger partial charge in [-0.3, -0.25) is 24.1 Å². The van der Waals surface area contributed by atoms with Gasteiger partial charge in [-0.2, -0.15) is 0 Å². The van der Waals surface area contributed by atoms with E-state index in [0.717, 1.165) is 4.90 Å². The van der Waals surface area contributed by atoms with E-state index in [4.69, 9.17) is 12.7 Å². The summed E-state index contributed by atoms with van der Waals surface area (Å²) in [5, 5.41) is 0.383. The lowest BCUT2D eigenvalue weighted by molar-refractivity contribution is -0.197. The molecule has 0 aliphatic carbocycles. The number of hydrogen-bond acceptors (Lipinski definition) is 6. The maximum atomic E-state index is 12.1. The Morgan fingerprint density at radius 1 is 1.17 bits per heavy atom. The molecule has 2 saturated heterocycles. The van der Waals surface area contributed by atoms with E-state index in [1.54, 1.807) is 0 Å². The van der Waals surface area contributed by atoms with Crippen molar-refractivity contribution < 1.29 is 28.8 Å². The van der Waals surface area contributed by atoms with Gasteiger partial charge in [0.05, 0.1) is 7.85 Å². The van der Waals surface area contributed by atoms with E-state index in [1.807, 2.05) is 13.8 Å². The van der Waals surface area contributed by atoms with E-state index < -0.39 is 23.6 Å². The molecule has 4 amide bonds. The lowest BCUT2D eigenvalue weighted by Crippen LogP contribution is -2.34. The summed E-state index contributed by atoms with van der Waals surface area (Å²) >= 11 is 0.